The van der Waals surface area contributed by atoms with Crippen molar-refractivity contribution < 1.29 is 52.7 Å². The van der Waals surface area contributed by atoms with Crippen molar-refractivity contribution in [3.63, 3.8) is 0 Å². The first-order valence-electron chi connectivity index (χ1n) is 9.48. The summed E-state index contributed by atoms with van der Waals surface area (Å²) >= 11 is 0. The Balaban J connectivity index is 2.54. The maximum atomic E-state index is 12.4. The van der Waals surface area contributed by atoms with Gasteiger partial charge in [0.2, 0.25) is 12.4 Å². The smallest absolute Gasteiger partial charge is 0.339 e. The van der Waals surface area contributed by atoms with Crippen LogP contribution in [-0.2, 0) is 49.5 Å². The van der Waals surface area contributed by atoms with E-state index in [2.05, 4.69) is 0 Å². The van der Waals surface area contributed by atoms with Gasteiger partial charge >= 0.3 is 23.9 Å². The van der Waals surface area contributed by atoms with E-state index in [0.29, 0.717) is 5.56 Å². The number of aliphatic hydroxyl groups is 1. The van der Waals surface area contributed by atoms with E-state index in [9.17, 15) is 24.3 Å². The SMILES string of the molecule is COC(=O)C1OC(Oc2cc(CO)ccc2N)C(OC(C)=O)C(OC(C)=O)C1OC(C)=O. The molecule has 0 bridgehead atoms. The molecule has 0 saturated carbocycles. The van der Waals surface area contributed by atoms with Crippen LogP contribution in [0.1, 0.15) is 26.3 Å². The fourth-order valence-electron chi connectivity index (χ4n) is 3.08. The molecule has 1 saturated heterocycles. The summed E-state index contributed by atoms with van der Waals surface area (Å²) in [5.41, 5.74) is 6.52. The van der Waals surface area contributed by atoms with Gasteiger partial charge in [-0.3, -0.25) is 14.4 Å². The molecule has 0 aliphatic carbocycles. The van der Waals surface area contributed by atoms with Crippen LogP contribution in [0.3, 0.4) is 0 Å². The molecule has 0 amide bonds. The Morgan fingerprint density at radius 1 is 0.969 bits per heavy atom. The quantitative estimate of drug-likeness (QED) is 0.317. The van der Waals surface area contributed by atoms with Crippen molar-refractivity contribution in [3.05, 3.63) is 23.8 Å². The third-order valence-corrected chi connectivity index (χ3v) is 4.34. The first-order valence-corrected chi connectivity index (χ1v) is 9.48. The molecule has 5 unspecified atom stereocenters. The summed E-state index contributed by atoms with van der Waals surface area (Å²) in [5.74, 6) is -3.34. The highest BCUT2D eigenvalue weighted by molar-refractivity contribution is 5.77. The topological polar surface area (TPSA) is 170 Å². The number of esters is 4. The molecule has 1 aliphatic rings. The van der Waals surface area contributed by atoms with Gasteiger partial charge in [-0.05, 0) is 17.7 Å². The van der Waals surface area contributed by atoms with Gasteiger partial charge < -0.3 is 39.3 Å². The van der Waals surface area contributed by atoms with Crippen molar-refractivity contribution in [1.82, 2.24) is 0 Å². The van der Waals surface area contributed by atoms with E-state index in [1.807, 2.05) is 0 Å². The minimum Gasteiger partial charge on any atom is -0.467 e. The van der Waals surface area contributed by atoms with Crippen LogP contribution in [0.15, 0.2) is 18.2 Å². The number of methoxy groups -OCH3 is 1. The molecular weight excluding hydrogens is 430 g/mol. The fraction of sp³-hybridized carbons (Fsp3) is 0.500. The second-order valence-corrected chi connectivity index (χ2v) is 6.82. The number of hydrogen-bond acceptors (Lipinski definition) is 12. The predicted molar refractivity (Wildman–Crippen MR) is 105 cm³/mol. The number of benzene rings is 1. The highest BCUT2D eigenvalue weighted by Crippen LogP contribution is 2.33. The molecule has 0 spiro atoms. The van der Waals surface area contributed by atoms with Crippen molar-refractivity contribution >= 4 is 29.6 Å². The van der Waals surface area contributed by atoms with Gasteiger partial charge in [-0.2, -0.15) is 0 Å². The van der Waals surface area contributed by atoms with Crippen molar-refractivity contribution in [2.24, 2.45) is 0 Å². The van der Waals surface area contributed by atoms with E-state index < -0.39 is 54.6 Å². The summed E-state index contributed by atoms with van der Waals surface area (Å²) in [6, 6.07) is 4.44. The maximum absolute atomic E-state index is 12.4. The number of hydrogen-bond donors (Lipinski definition) is 2. The predicted octanol–water partition coefficient (Wildman–Crippen LogP) is -0.167. The monoisotopic (exact) mass is 455 g/mol. The van der Waals surface area contributed by atoms with E-state index in [-0.39, 0.29) is 18.0 Å². The van der Waals surface area contributed by atoms with Crippen molar-refractivity contribution in [3.8, 4) is 5.75 Å². The number of ether oxygens (including phenoxy) is 6. The third-order valence-electron chi connectivity index (χ3n) is 4.34. The molecule has 1 aromatic rings. The molecule has 0 radical (unpaired) electrons. The Morgan fingerprint density at radius 3 is 2.06 bits per heavy atom. The first-order chi connectivity index (χ1) is 15.1. The van der Waals surface area contributed by atoms with Gasteiger partial charge in [-0.25, -0.2) is 4.79 Å². The van der Waals surface area contributed by atoms with Crippen LogP contribution in [0.2, 0.25) is 0 Å². The highest BCUT2D eigenvalue weighted by Gasteiger charge is 2.55. The van der Waals surface area contributed by atoms with Gasteiger partial charge in [0.05, 0.1) is 19.4 Å². The lowest BCUT2D eigenvalue weighted by molar-refractivity contribution is -0.282. The van der Waals surface area contributed by atoms with Gasteiger partial charge in [-0.15, -0.1) is 0 Å². The number of carbonyl (C=O) groups excluding carboxylic acids is 4. The summed E-state index contributed by atoms with van der Waals surface area (Å²) in [6.45, 7) is 2.93. The Bertz CT molecular complexity index is 871. The van der Waals surface area contributed by atoms with Crippen LogP contribution in [0, 0.1) is 0 Å². The molecular formula is C20H25NO11. The van der Waals surface area contributed by atoms with E-state index in [1.54, 1.807) is 6.07 Å². The van der Waals surface area contributed by atoms with Gasteiger partial charge in [-0.1, -0.05) is 6.07 Å². The molecule has 12 nitrogen and oxygen atoms in total. The zero-order chi connectivity index (χ0) is 24.0. The minimum atomic E-state index is -1.59. The number of nitrogens with two attached hydrogens (primary N) is 1. The second kappa shape index (κ2) is 10.8. The molecule has 2 rings (SSSR count). The highest BCUT2D eigenvalue weighted by atomic mass is 16.7. The molecule has 1 aliphatic heterocycles. The van der Waals surface area contributed by atoms with E-state index in [4.69, 9.17) is 34.2 Å². The molecule has 0 aromatic heterocycles. The Hall–Kier alpha value is -3.38. The van der Waals surface area contributed by atoms with Crippen molar-refractivity contribution in [2.45, 2.75) is 58.1 Å². The molecule has 176 valence electrons. The van der Waals surface area contributed by atoms with Crippen molar-refractivity contribution in [2.75, 3.05) is 12.8 Å². The van der Waals surface area contributed by atoms with Gasteiger partial charge in [0.1, 0.15) is 5.75 Å². The van der Waals surface area contributed by atoms with Crippen LogP contribution in [0.25, 0.3) is 0 Å². The molecule has 12 heteroatoms. The summed E-state index contributed by atoms with van der Waals surface area (Å²) in [4.78, 5) is 47.6. The lowest BCUT2D eigenvalue weighted by Gasteiger charge is -2.43. The number of nitrogen functional groups attached to an aromatic ring is 1. The molecule has 5 atom stereocenters. The van der Waals surface area contributed by atoms with E-state index in [1.165, 1.54) is 12.1 Å². The summed E-state index contributed by atoms with van der Waals surface area (Å²) < 4.78 is 31.8. The number of carbonyl (C=O) groups is 4. The standard InChI is InChI=1S/C20H25NO11/c1-9(23)28-15-16(29-10(2)24)18(30-11(3)25)20(32-17(15)19(26)27-4)31-14-7-12(8-22)5-6-13(14)21/h5-7,15-18,20,22H,8,21H2,1-4H3. The summed E-state index contributed by atoms with van der Waals surface area (Å²) in [6.07, 6.45) is -7.57. The first kappa shape index (κ1) is 24.9. The van der Waals surface area contributed by atoms with E-state index in [0.717, 1.165) is 27.9 Å². The summed E-state index contributed by atoms with van der Waals surface area (Å²) in [5, 5.41) is 9.37. The normalized spacial score (nSPS) is 24.7. The third kappa shape index (κ3) is 6.08. The average molecular weight is 455 g/mol. The average Bonchev–Trinajstić information content (AvgIpc) is 2.71. The molecule has 1 aromatic carbocycles. The van der Waals surface area contributed by atoms with E-state index >= 15 is 0 Å². The van der Waals surface area contributed by atoms with Crippen molar-refractivity contribution in [1.29, 1.82) is 0 Å². The van der Waals surface area contributed by atoms with Crippen LogP contribution in [-0.4, -0.2) is 66.8 Å². The largest absolute Gasteiger partial charge is 0.467 e. The molecule has 3 N–H and O–H groups in total. The zero-order valence-electron chi connectivity index (χ0n) is 17.9. The molecule has 1 fully saturated rings. The maximum Gasteiger partial charge on any atom is 0.339 e. The van der Waals surface area contributed by atoms with Crippen LogP contribution < -0.4 is 10.5 Å². The molecule has 1 heterocycles. The fourth-order valence-corrected chi connectivity index (χ4v) is 3.08. The lowest BCUT2D eigenvalue weighted by atomic mass is 9.97. The second-order valence-electron chi connectivity index (χ2n) is 6.82. The number of rotatable bonds is 7. The van der Waals surface area contributed by atoms with Gasteiger partial charge in [0, 0.05) is 20.8 Å². The van der Waals surface area contributed by atoms with Crippen LogP contribution in [0.5, 0.6) is 5.75 Å². The number of aliphatic hydroxyl groups excluding tert-OH is 1. The zero-order valence-corrected chi connectivity index (χ0v) is 17.9. The Labute approximate surface area is 183 Å². The van der Waals surface area contributed by atoms with Crippen LogP contribution >= 0.6 is 0 Å². The Morgan fingerprint density at radius 2 is 1.53 bits per heavy atom. The lowest BCUT2D eigenvalue weighted by Crippen LogP contribution is -2.64. The summed E-state index contributed by atoms with van der Waals surface area (Å²) in [7, 11) is 1.08. The van der Waals surface area contributed by atoms with Crippen LogP contribution in [0.4, 0.5) is 5.69 Å². The minimum absolute atomic E-state index is 0.0369. The number of anilines is 1. The van der Waals surface area contributed by atoms with Gasteiger partial charge in [0.25, 0.3) is 0 Å². The van der Waals surface area contributed by atoms with Gasteiger partial charge in [0.15, 0.2) is 18.3 Å². The molecule has 32 heavy (non-hydrogen) atoms. The Kier molecular flexibility index (Phi) is 8.38.